The van der Waals surface area contributed by atoms with Crippen LogP contribution in [0.25, 0.3) is 16.5 Å². The Balaban J connectivity index is 1.58. The van der Waals surface area contributed by atoms with Gasteiger partial charge in [-0.3, -0.25) is 4.79 Å². The molecule has 2 heterocycles. The minimum absolute atomic E-state index is 0.0209. The Kier molecular flexibility index (Phi) is 4.25. The van der Waals surface area contributed by atoms with Crippen molar-refractivity contribution in [3.05, 3.63) is 71.4 Å². The van der Waals surface area contributed by atoms with Crippen molar-refractivity contribution in [2.75, 3.05) is 20.2 Å². The number of methoxy groups -OCH3 is 1. The smallest absolute Gasteiger partial charge is 0.257 e. The molecule has 3 aromatic rings. The van der Waals surface area contributed by atoms with E-state index in [4.69, 9.17) is 4.74 Å². The van der Waals surface area contributed by atoms with Crippen molar-refractivity contribution >= 4 is 22.4 Å². The SMILES string of the molecule is COc1ccccc1C(=O)N1CC=C(c2c[nH]c3c(C)cccc23)CC1. The number of hydrogen-bond acceptors (Lipinski definition) is 2. The number of hydrogen-bond donors (Lipinski definition) is 1. The van der Waals surface area contributed by atoms with E-state index in [0.717, 1.165) is 6.42 Å². The number of aryl methyl sites for hydroxylation is 1. The molecule has 0 spiro atoms. The van der Waals surface area contributed by atoms with Crippen LogP contribution in [0.3, 0.4) is 0 Å². The third kappa shape index (κ3) is 2.77. The predicted octanol–water partition coefficient (Wildman–Crippen LogP) is 4.41. The molecule has 1 aromatic heterocycles. The Morgan fingerprint density at radius 3 is 2.77 bits per heavy atom. The maximum absolute atomic E-state index is 12.8. The highest BCUT2D eigenvalue weighted by molar-refractivity contribution is 5.98. The highest BCUT2D eigenvalue weighted by Crippen LogP contribution is 2.31. The fraction of sp³-hybridized carbons (Fsp3) is 0.227. The van der Waals surface area contributed by atoms with Gasteiger partial charge in [-0.05, 0) is 36.6 Å². The number of para-hydroxylation sites is 2. The summed E-state index contributed by atoms with van der Waals surface area (Å²) in [6, 6.07) is 13.8. The van der Waals surface area contributed by atoms with E-state index < -0.39 is 0 Å². The zero-order valence-corrected chi connectivity index (χ0v) is 15.1. The molecule has 1 aliphatic heterocycles. The van der Waals surface area contributed by atoms with Crippen LogP contribution < -0.4 is 4.74 Å². The van der Waals surface area contributed by atoms with Gasteiger partial charge in [-0.25, -0.2) is 0 Å². The van der Waals surface area contributed by atoms with E-state index in [1.54, 1.807) is 7.11 Å². The van der Waals surface area contributed by atoms with Gasteiger partial charge in [0, 0.05) is 35.8 Å². The first kappa shape index (κ1) is 16.5. The second-order valence-electron chi connectivity index (χ2n) is 6.63. The van der Waals surface area contributed by atoms with Gasteiger partial charge in [-0.15, -0.1) is 0 Å². The average Bonchev–Trinajstić information content (AvgIpc) is 3.13. The Labute approximate surface area is 153 Å². The van der Waals surface area contributed by atoms with Crippen LogP contribution in [0, 0.1) is 6.92 Å². The molecule has 132 valence electrons. The van der Waals surface area contributed by atoms with Crippen molar-refractivity contribution in [3.63, 3.8) is 0 Å². The van der Waals surface area contributed by atoms with Gasteiger partial charge in [-0.1, -0.05) is 36.4 Å². The summed E-state index contributed by atoms with van der Waals surface area (Å²) in [5, 5.41) is 1.25. The van der Waals surface area contributed by atoms with Gasteiger partial charge >= 0.3 is 0 Å². The van der Waals surface area contributed by atoms with E-state index in [-0.39, 0.29) is 5.91 Å². The summed E-state index contributed by atoms with van der Waals surface area (Å²) < 4.78 is 5.33. The molecule has 4 rings (SSSR count). The third-order valence-electron chi connectivity index (χ3n) is 5.10. The summed E-state index contributed by atoms with van der Waals surface area (Å²) in [5.74, 6) is 0.645. The van der Waals surface area contributed by atoms with Gasteiger partial charge in [0.2, 0.25) is 0 Å². The lowest BCUT2D eigenvalue weighted by molar-refractivity contribution is 0.0769. The van der Waals surface area contributed by atoms with E-state index in [9.17, 15) is 4.79 Å². The quantitative estimate of drug-likeness (QED) is 0.763. The largest absolute Gasteiger partial charge is 0.496 e. The molecular formula is C22H22N2O2. The Hall–Kier alpha value is -3.01. The van der Waals surface area contributed by atoms with Gasteiger partial charge < -0.3 is 14.6 Å². The van der Waals surface area contributed by atoms with Crippen LogP contribution in [0.4, 0.5) is 0 Å². The molecule has 2 aromatic carbocycles. The van der Waals surface area contributed by atoms with Gasteiger partial charge in [-0.2, -0.15) is 0 Å². The monoisotopic (exact) mass is 346 g/mol. The number of benzene rings is 2. The van der Waals surface area contributed by atoms with E-state index in [1.165, 1.54) is 27.6 Å². The van der Waals surface area contributed by atoms with E-state index in [1.807, 2.05) is 29.2 Å². The van der Waals surface area contributed by atoms with Gasteiger partial charge in [0.1, 0.15) is 5.75 Å². The number of nitrogens with one attached hydrogen (secondary N) is 1. The molecule has 4 nitrogen and oxygen atoms in total. The number of carbonyl (C=O) groups excluding carboxylic acids is 1. The lowest BCUT2D eigenvalue weighted by Gasteiger charge is -2.27. The lowest BCUT2D eigenvalue weighted by Crippen LogP contribution is -2.34. The topological polar surface area (TPSA) is 45.3 Å². The van der Waals surface area contributed by atoms with E-state index in [2.05, 4.69) is 42.4 Å². The molecule has 0 unspecified atom stereocenters. The molecular weight excluding hydrogens is 324 g/mol. The molecule has 0 aliphatic carbocycles. The van der Waals surface area contributed by atoms with Crippen LogP contribution >= 0.6 is 0 Å². The number of amides is 1. The highest BCUT2D eigenvalue weighted by Gasteiger charge is 2.22. The second kappa shape index (κ2) is 6.71. The molecule has 0 fully saturated rings. The van der Waals surface area contributed by atoms with Crippen molar-refractivity contribution in [2.24, 2.45) is 0 Å². The molecule has 1 N–H and O–H groups in total. The van der Waals surface area contributed by atoms with E-state index in [0.29, 0.717) is 24.4 Å². The molecule has 0 radical (unpaired) electrons. The summed E-state index contributed by atoms with van der Waals surface area (Å²) in [6.45, 7) is 3.44. The average molecular weight is 346 g/mol. The fourth-order valence-electron chi connectivity index (χ4n) is 3.66. The van der Waals surface area contributed by atoms with E-state index >= 15 is 0 Å². The van der Waals surface area contributed by atoms with Crippen molar-refractivity contribution in [1.29, 1.82) is 0 Å². The highest BCUT2D eigenvalue weighted by atomic mass is 16.5. The number of rotatable bonds is 3. The number of aromatic nitrogens is 1. The summed E-state index contributed by atoms with van der Waals surface area (Å²) in [4.78, 5) is 18.1. The summed E-state index contributed by atoms with van der Waals surface area (Å²) in [6.07, 6.45) is 5.10. The summed E-state index contributed by atoms with van der Waals surface area (Å²) in [5.41, 5.74) is 5.60. The molecule has 0 saturated heterocycles. The van der Waals surface area contributed by atoms with Gasteiger partial charge in [0.25, 0.3) is 5.91 Å². The zero-order valence-electron chi connectivity index (χ0n) is 15.1. The molecule has 0 saturated carbocycles. The first-order valence-corrected chi connectivity index (χ1v) is 8.87. The molecule has 1 aliphatic rings. The third-order valence-corrected chi connectivity index (χ3v) is 5.10. The number of H-pyrrole nitrogens is 1. The molecule has 0 atom stereocenters. The minimum Gasteiger partial charge on any atom is -0.496 e. The van der Waals surface area contributed by atoms with Crippen molar-refractivity contribution in [2.45, 2.75) is 13.3 Å². The van der Waals surface area contributed by atoms with Crippen LogP contribution in [-0.2, 0) is 0 Å². The lowest BCUT2D eigenvalue weighted by atomic mass is 9.98. The first-order valence-electron chi connectivity index (χ1n) is 8.87. The van der Waals surface area contributed by atoms with Crippen LogP contribution in [0.1, 0.15) is 27.9 Å². The Morgan fingerprint density at radius 1 is 1.15 bits per heavy atom. The minimum atomic E-state index is 0.0209. The van der Waals surface area contributed by atoms with Crippen LogP contribution in [0.15, 0.2) is 54.7 Å². The molecule has 26 heavy (non-hydrogen) atoms. The number of carbonyl (C=O) groups is 1. The van der Waals surface area contributed by atoms with Gasteiger partial charge in [0.15, 0.2) is 0 Å². The second-order valence-corrected chi connectivity index (χ2v) is 6.63. The number of nitrogens with zero attached hydrogens (tertiary/aromatic N) is 1. The standard InChI is InChI=1S/C22H22N2O2/c1-15-6-5-8-17-19(14-23-21(15)17)16-10-12-24(13-11-16)22(25)18-7-3-4-9-20(18)26-2/h3-10,14,23H,11-13H2,1-2H3. The molecule has 1 amide bonds. The Morgan fingerprint density at radius 2 is 2.00 bits per heavy atom. The number of aromatic amines is 1. The molecule has 0 bridgehead atoms. The van der Waals surface area contributed by atoms with Crippen molar-refractivity contribution < 1.29 is 9.53 Å². The van der Waals surface area contributed by atoms with Crippen LogP contribution in [-0.4, -0.2) is 36.0 Å². The maximum atomic E-state index is 12.8. The number of ether oxygens (including phenoxy) is 1. The van der Waals surface area contributed by atoms with Crippen molar-refractivity contribution in [1.82, 2.24) is 9.88 Å². The number of fused-ring (bicyclic) bond motifs is 1. The zero-order chi connectivity index (χ0) is 18.1. The molecule has 4 heteroatoms. The fourth-order valence-corrected chi connectivity index (χ4v) is 3.66. The normalized spacial score (nSPS) is 14.4. The van der Waals surface area contributed by atoms with Crippen molar-refractivity contribution in [3.8, 4) is 5.75 Å². The van der Waals surface area contributed by atoms with Crippen LogP contribution in [0.5, 0.6) is 5.75 Å². The Bertz CT molecular complexity index is 1000. The van der Waals surface area contributed by atoms with Gasteiger partial charge in [0.05, 0.1) is 12.7 Å². The maximum Gasteiger partial charge on any atom is 0.257 e. The first-order chi connectivity index (χ1) is 12.7. The predicted molar refractivity (Wildman–Crippen MR) is 105 cm³/mol. The summed E-state index contributed by atoms with van der Waals surface area (Å²) in [7, 11) is 1.60. The summed E-state index contributed by atoms with van der Waals surface area (Å²) >= 11 is 0. The van der Waals surface area contributed by atoms with Crippen LogP contribution in [0.2, 0.25) is 0 Å².